The van der Waals surface area contributed by atoms with Gasteiger partial charge in [0, 0.05) is 25.1 Å². The summed E-state index contributed by atoms with van der Waals surface area (Å²) in [6.07, 6.45) is 1.95. The molecule has 2 atom stereocenters. The van der Waals surface area contributed by atoms with Crippen LogP contribution in [-0.4, -0.2) is 54.6 Å². The van der Waals surface area contributed by atoms with E-state index in [1.54, 1.807) is 30.3 Å². The Bertz CT molecular complexity index is 674. The number of nitrogens with one attached hydrogen (secondary N) is 2. The van der Waals surface area contributed by atoms with Crippen molar-refractivity contribution >= 4 is 23.8 Å². The number of ether oxygens (including phenoxy) is 1. The van der Waals surface area contributed by atoms with E-state index in [-0.39, 0.29) is 13.0 Å². The summed E-state index contributed by atoms with van der Waals surface area (Å²) in [4.78, 5) is 45.7. The van der Waals surface area contributed by atoms with Crippen molar-refractivity contribution in [1.82, 2.24) is 10.6 Å². The first kappa shape index (κ1) is 20.8. The second-order valence-electron chi connectivity index (χ2n) is 5.30. The molecule has 0 aliphatic heterocycles. The van der Waals surface area contributed by atoms with Crippen LogP contribution < -0.4 is 16.4 Å². The number of benzene rings is 1. The Balaban J connectivity index is 2.52. The normalized spacial score (nSPS) is 12.8. The highest BCUT2D eigenvalue weighted by molar-refractivity contribution is 5.95. The molecule has 9 nitrogen and oxygen atoms in total. The van der Waals surface area contributed by atoms with Gasteiger partial charge in [-0.25, -0.2) is 9.59 Å². The quantitative estimate of drug-likeness (QED) is 0.324. The van der Waals surface area contributed by atoms with E-state index in [1.807, 2.05) is 0 Å². The van der Waals surface area contributed by atoms with Crippen LogP contribution in [0.1, 0.15) is 5.56 Å². The summed E-state index contributed by atoms with van der Waals surface area (Å²) in [5.41, 5.74) is 6.40. The number of nitrogens with two attached hydrogens (primary N) is 1. The molecule has 1 rings (SSSR count). The van der Waals surface area contributed by atoms with E-state index in [2.05, 4.69) is 15.4 Å². The molecule has 0 spiro atoms. The third-order valence-corrected chi connectivity index (χ3v) is 3.30. The van der Waals surface area contributed by atoms with Crippen LogP contribution in [-0.2, 0) is 30.3 Å². The lowest BCUT2D eigenvalue weighted by atomic mass is 10.1. The second kappa shape index (κ2) is 10.6. The minimum absolute atomic E-state index is 0.100. The van der Waals surface area contributed by atoms with Crippen LogP contribution in [0.5, 0.6) is 0 Å². The highest BCUT2D eigenvalue weighted by atomic mass is 16.5. The molecule has 0 aliphatic rings. The Kier molecular flexibility index (Phi) is 8.51. The molecule has 0 radical (unpaired) electrons. The number of methoxy groups -OCH3 is 1. The van der Waals surface area contributed by atoms with Crippen molar-refractivity contribution in [3.63, 3.8) is 0 Å². The Morgan fingerprint density at radius 2 is 1.85 bits per heavy atom. The number of carboxylic acid groups (broad SMARTS) is 1. The van der Waals surface area contributed by atoms with Crippen LogP contribution in [0.25, 0.3) is 0 Å². The smallest absolute Gasteiger partial charge is 0.330 e. The minimum Gasteiger partial charge on any atom is -0.480 e. The summed E-state index contributed by atoms with van der Waals surface area (Å²) in [5.74, 6) is -3.25. The van der Waals surface area contributed by atoms with Crippen molar-refractivity contribution < 1.29 is 29.0 Å². The summed E-state index contributed by atoms with van der Waals surface area (Å²) in [6.45, 7) is -0.228. The molecule has 0 heterocycles. The Morgan fingerprint density at radius 3 is 2.42 bits per heavy atom. The fourth-order valence-corrected chi connectivity index (χ4v) is 1.90. The standard InChI is InChI=1S/C17H21N3O6/c1-26-15(22)8-7-14(21)19-10-12(18)16(23)20-13(17(24)25)9-11-5-3-2-4-6-11/h2-8,12-13H,9-10,18H2,1H3,(H,19,21)(H,20,23)(H,24,25)/b8-7-/t12-,13-/m0/s1. The number of carbonyl (C=O) groups is 4. The van der Waals surface area contributed by atoms with Crippen molar-refractivity contribution in [2.45, 2.75) is 18.5 Å². The zero-order chi connectivity index (χ0) is 19.5. The van der Waals surface area contributed by atoms with E-state index < -0.39 is 35.8 Å². The van der Waals surface area contributed by atoms with Crippen LogP contribution in [0, 0.1) is 0 Å². The Labute approximate surface area is 150 Å². The number of hydrogen-bond acceptors (Lipinski definition) is 6. The predicted octanol–water partition coefficient (Wildman–Crippen LogP) is -1.03. The average Bonchev–Trinajstić information content (AvgIpc) is 2.64. The van der Waals surface area contributed by atoms with Gasteiger partial charge in [-0.15, -0.1) is 0 Å². The molecule has 1 aromatic rings. The molecule has 0 aliphatic carbocycles. The molecule has 5 N–H and O–H groups in total. The van der Waals surface area contributed by atoms with Crippen LogP contribution >= 0.6 is 0 Å². The van der Waals surface area contributed by atoms with Gasteiger partial charge in [-0.05, 0) is 5.56 Å². The molecule has 0 saturated carbocycles. The highest BCUT2D eigenvalue weighted by Gasteiger charge is 2.23. The molecular weight excluding hydrogens is 342 g/mol. The summed E-state index contributed by atoms with van der Waals surface area (Å²) < 4.78 is 4.33. The van der Waals surface area contributed by atoms with Crippen LogP contribution in [0.3, 0.4) is 0 Å². The molecule has 9 heteroatoms. The van der Waals surface area contributed by atoms with Gasteiger partial charge >= 0.3 is 11.9 Å². The molecule has 0 unspecified atom stereocenters. The molecule has 0 bridgehead atoms. The van der Waals surface area contributed by atoms with Gasteiger partial charge in [-0.1, -0.05) is 30.3 Å². The molecule has 2 amide bonds. The van der Waals surface area contributed by atoms with Gasteiger partial charge in [-0.2, -0.15) is 0 Å². The van der Waals surface area contributed by atoms with E-state index in [9.17, 15) is 24.3 Å². The van der Waals surface area contributed by atoms with E-state index in [0.29, 0.717) is 0 Å². The summed E-state index contributed by atoms with van der Waals surface area (Å²) >= 11 is 0. The SMILES string of the molecule is COC(=O)/C=C\C(=O)NC[C@H](N)C(=O)N[C@@H](Cc1ccccc1)C(=O)O. The first-order valence-electron chi connectivity index (χ1n) is 7.70. The largest absolute Gasteiger partial charge is 0.480 e. The minimum atomic E-state index is -1.19. The van der Waals surface area contributed by atoms with Crippen molar-refractivity contribution in [3.8, 4) is 0 Å². The third kappa shape index (κ3) is 7.58. The second-order valence-corrected chi connectivity index (χ2v) is 5.30. The number of carbonyl (C=O) groups excluding carboxylic acids is 3. The van der Waals surface area contributed by atoms with E-state index in [0.717, 1.165) is 17.7 Å². The third-order valence-electron chi connectivity index (χ3n) is 3.30. The fraction of sp³-hybridized carbons (Fsp3) is 0.294. The number of esters is 1. The summed E-state index contributed by atoms with van der Waals surface area (Å²) in [7, 11) is 1.17. The number of carboxylic acids is 1. The molecule has 140 valence electrons. The molecular formula is C17H21N3O6. The van der Waals surface area contributed by atoms with Crippen LogP contribution in [0.15, 0.2) is 42.5 Å². The van der Waals surface area contributed by atoms with Gasteiger partial charge in [-0.3, -0.25) is 9.59 Å². The lowest BCUT2D eigenvalue weighted by Crippen LogP contribution is -2.52. The van der Waals surface area contributed by atoms with Crippen molar-refractivity contribution in [2.24, 2.45) is 5.73 Å². The molecule has 26 heavy (non-hydrogen) atoms. The van der Waals surface area contributed by atoms with Gasteiger partial charge in [0.2, 0.25) is 11.8 Å². The Hall–Kier alpha value is -3.20. The van der Waals surface area contributed by atoms with Crippen molar-refractivity contribution in [2.75, 3.05) is 13.7 Å². The molecule has 0 saturated heterocycles. The highest BCUT2D eigenvalue weighted by Crippen LogP contribution is 2.03. The van der Waals surface area contributed by atoms with Gasteiger partial charge < -0.3 is 26.2 Å². The molecule has 1 aromatic carbocycles. The number of rotatable bonds is 9. The summed E-state index contributed by atoms with van der Waals surface area (Å²) in [5, 5.41) is 13.9. The van der Waals surface area contributed by atoms with Gasteiger partial charge in [0.1, 0.15) is 12.1 Å². The predicted molar refractivity (Wildman–Crippen MR) is 91.9 cm³/mol. The topological polar surface area (TPSA) is 148 Å². The zero-order valence-electron chi connectivity index (χ0n) is 14.2. The molecule has 0 fully saturated rings. The number of aliphatic carboxylic acids is 1. The number of hydrogen-bond donors (Lipinski definition) is 4. The fourth-order valence-electron chi connectivity index (χ4n) is 1.90. The lowest BCUT2D eigenvalue weighted by molar-refractivity contribution is -0.142. The van der Waals surface area contributed by atoms with E-state index in [1.165, 1.54) is 7.11 Å². The monoisotopic (exact) mass is 363 g/mol. The van der Waals surface area contributed by atoms with Gasteiger partial charge in [0.15, 0.2) is 0 Å². The molecule has 0 aromatic heterocycles. The van der Waals surface area contributed by atoms with Gasteiger partial charge in [0.05, 0.1) is 7.11 Å². The first-order valence-corrected chi connectivity index (χ1v) is 7.70. The van der Waals surface area contributed by atoms with Crippen molar-refractivity contribution in [1.29, 1.82) is 0 Å². The Morgan fingerprint density at radius 1 is 1.19 bits per heavy atom. The van der Waals surface area contributed by atoms with Gasteiger partial charge in [0.25, 0.3) is 0 Å². The first-order chi connectivity index (χ1) is 12.3. The van der Waals surface area contributed by atoms with E-state index >= 15 is 0 Å². The van der Waals surface area contributed by atoms with E-state index in [4.69, 9.17) is 5.73 Å². The lowest BCUT2D eigenvalue weighted by Gasteiger charge is -2.18. The van der Waals surface area contributed by atoms with Crippen LogP contribution in [0.4, 0.5) is 0 Å². The summed E-state index contributed by atoms with van der Waals surface area (Å²) in [6, 6.07) is 6.52. The van der Waals surface area contributed by atoms with Crippen LogP contribution in [0.2, 0.25) is 0 Å². The van der Waals surface area contributed by atoms with Crippen molar-refractivity contribution in [3.05, 3.63) is 48.0 Å². The number of amides is 2. The average molecular weight is 363 g/mol. The maximum absolute atomic E-state index is 12.0. The zero-order valence-corrected chi connectivity index (χ0v) is 14.2. The maximum Gasteiger partial charge on any atom is 0.330 e. The maximum atomic E-state index is 12.0.